The lowest BCUT2D eigenvalue weighted by Crippen LogP contribution is -2.54. The highest BCUT2D eigenvalue weighted by Crippen LogP contribution is 2.24. The molecule has 2 fully saturated rings. The molecule has 2 saturated heterocycles. The maximum Gasteiger partial charge on any atom is 0.245 e. The van der Waals surface area contributed by atoms with Gasteiger partial charge in [-0.1, -0.05) is 6.92 Å². The molecule has 0 aromatic rings. The highest BCUT2D eigenvalue weighted by Gasteiger charge is 2.35. The van der Waals surface area contributed by atoms with Gasteiger partial charge in [-0.3, -0.25) is 9.59 Å². The van der Waals surface area contributed by atoms with E-state index >= 15 is 0 Å². The highest BCUT2D eigenvalue weighted by atomic mass is 35.5. The van der Waals surface area contributed by atoms with Gasteiger partial charge in [0.15, 0.2) is 0 Å². The molecule has 23 heavy (non-hydrogen) atoms. The Morgan fingerprint density at radius 3 is 2.35 bits per heavy atom. The Balaban J connectivity index is 0.00000264. The molecule has 2 amide bonds. The van der Waals surface area contributed by atoms with Gasteiger partial charge in [0, 0.05) is 32.1 Å². The van der Waals surface area contributed by atoms with Crippen LogP contribution in [0.1, 0.15) is 58.8 Å². The van der Waals surface area contributed by atoms with Gasteiger partial charge in [0.05, 0.1) is 0 Å². The summed E-state index contributed by atoms with van der Waals surface area (Å²) in [5.41, 5.74) is 5.97. The number of carbonyl (C=O) groups excluding carboxylic acids is 2. The summed E-state index contributed by atoms with van der Waals surface area (Å²) in [4.78, 5) is 28.9. The van der Waals surface area contributed by atoms with Crippen molar-refractivity contribution in [2.24, 2.45) is 11.7 Å². The summed E-state index contributed by atoms with van der Waals surface area (Å²) >= 11 is 0. The molecule has 0 aromatic carbocycles. The molecule has 6 heteroatoms. The monoisotopic (exact) mass is 345 g/mol. The summed E-state index contributed by atoms with van der Waals surface area (Å²) in [5.74, 6) is 0.825. The third-order valence-corrected chi connectivity index (χ3v) is 5.17. The molecule has 5 nitrogen and oxygen atoms in total. The summed E-state index contributed by atoms with van der Waals surface area (Å²) in [5, 5.41) is 0. The fourth-order valence-corrected chi connectivity index (χ4v) is 3.70. The zero-order valence-corrected chi connectivity index (χ0v) is 15.3. The van der Waals surface area contributed by atoms with Crippen LogP contribution in [0.25, 0.3) is 0 Å². The van der Waals surface area contributed by atoms with E-state index in [0.29, 0.717) is 12.3 Å². The summed E-state index contributed by atoms with van der Waals surface area (Å²) in [7, 11) is 0. The zero-order chi connectivity index (χ0) is 16.1. The normalized spacial score (nSPS) is 24.0. The van der Waals surface area contributed by atoms with Crippen LogP contribution in [0, 0.1) is 5.92 Å². The van der Waals surface area contributed by atoms with Gasteiger partial charge >= 0.3 is 0 Å². The first-order valence-corrected chi connectivity index (χ1v) is 8.88. The fourth-order valence-electron chi connectivity index (χ4n) is 3.70. The number of hydrogen-bond acceptors (Lipinski definition) is 3. The van der Waals surface area contributed by atoms with Crippen LogP contribution in [0.15, 0.2) is 0 Å². The molecule has 2 atom stereocenters. The second kappa shape index (κ2) is 9.48. The molecule has 2 N–H and O–H groups in total. The number of amides is 2. The van der Waals surface area contributed by atoms with E-state index < -0.39 is 0 Å². The van der Waals surface area contributed by atoms with Gasteiger partial charge in [0.25, 0.3) is 0 Å². The van der Waals surface area contributed by atoms with E-state index in [0.717, 1.165) is 58.2 Å². The van der Waals surface area contributed by atoms with Crippen molar-refractivity contribution in [3.05, 3.63) is 0 Å². The van der Waals surface area contributed by atoms with E-state index in [-0.39, 0.29) is 36.3 Å². The predicted octanol–water partition coefficient (Wildman–Crippen LogP) is 2.18. The van der Waals surface area contributed by atoms with E-state index in [2.05, 4.69) is 6.92 Å². The van der Waals surface area contributed by atoms with Crippen molar-refractivity contribution in [3.63, 3.8) is 0 Å². The number of hydrogen-bond donors (Lipinski definition) is 1. The van der Waals surface area contributed by atoms with E-state index in [1.54, 1.807) is 0 Å². The summed E-state index contributed by atoms with van der Waals surface area (Å²) < 4.78 is 0. The minimum Gasteiger partial charge on any atom is -0.341 e. The lowest BCUT2D eigenvalue weighted by molar-refractivity contribution is -0.148. The topological polar surface area (TPSA) is 66.6 Å². The van der Waals surface area contributed by atoms with Crippen LogP contribution in [-0.2, 0) is 9.59 Å². The van der Waals surface area contributed by atoms with Gasteiger partial charge in [-0.2, -0.15) is 0 Å². The molecule has 2 aliphatic rings. The van der Waals surface area contributed by atoms with Gasteiger partial charge in [0.1, 0.15) is 6.04 Å². The van der Waals surface area contributed by atoms with Gasteiger partial charge in [0.2, 0.25) is 11.8 Å². The Labute approximate surface area is 146 Å². The maximum absolute atomic E-state index is 12.8. The molecular weight excluding hydrogens is 314 g/mol. The Bertz CT molecular complexity index is 395. The second-order valence-electron chi connectivity index (χ2n) is 6.87. The number of nitrogens with zero attached hydrogens (tertiary/aromatic N) is 2. The van der Waals surface area contributed by atoms with Gasteiger partial charge < -0.3 is 15.5 Å². The largest absolute Gasteiger partial charge is 0.341 e. The molecule has 134 valence electrons. The Morgan fingerprint density at radius 1 is 1.13 bits per heavy atom. The summed E-state index contributed by atoms with van der Waals surface area (Å²) in [6, 6.07) is -0.0192. The van der Waals surface area contributed by atoms with Crippen LogP contribution >= 0.6 is 12.4 Å². The van der Waals surface area contributed by atoms with Crippen LogP contribution in [0.4, 0.5) is 0 Å². The average molecular weight is 346 g/mol. The third-order valence-electron chi connectivity index (χ3n) is 5.17. The second-order valence-corrected chi connectivity index (χ2v) is 6.87. The molecule has 0 aliphatic carbocycles. The molecule has 0 saturated carbocycles. The van der Waals surface area contributed by atoms with E-state index in [9.17, 15) is 9.59 Å². The van der Waals surface area contributed by atoms with Crippen molar-refractivity contribution < 1.29 is 9.59 Å². The predicted molar refractivity (Wildman–Crippen MR) is 94.5 cm³/mol. The lowest BCUT2D eigenvalue weighted by atomic mass is 9.90. The Kier molecular flexibility index (Phi) is 8.34. The van der Waals surface area contributed by atoms with Crippen LogP contribution < -0.4 is 5.73 Å². The number of halogens is 1. The van der Waals surface area contributed by atoms with Crippen molar-refractivity contribution in [2.75, 3.05) is 19.6 Å². The summed E-state index contributed by atoms with van der Waals surface area (Å²) in [6.07, 6.45) is 6.25. The van der Waals surface area contributed by atoms with Crippen molar-refractivity contribution >= 4 is 24.2 Å². The fraction of sp³-hybridized carbons (Fsp3) is 0.882. The smallest absolute Gasteiger partial charge is 0.245 e. The number of rotatable bonds is 4. The quantitative estimate of drug-likeness (QED) is 0.849. The molecule has 0 spiro atoms. The first-order chi connectivity index (χ1) is 10.5. The van der Waals surface area contributed by atoms with Crippen LogP contribution in [-0.4, -0.2) is 53.3 Å². The SMILES string of the molecule is CCCC(=O)N1CCCCC1C(=O)N1CCC(C(C)N)CC1.Cl. The van der Waals surface area contributed by atoms with Crippen molar-refractivity contribution in [1.82, 2.24) is 9.80 Å². The molecule has 0 aromatic heterocycles. The number of nitrogens with two attached hydrogens (primary N) is 1. The number of carbonyl (C=O) groups is 2. The van der Waals surface area contributed by atoms with Crippen molar-refractivity contribution in [3.8, 4) is 0 Å². The Morgan fingerprint density at radius 2 is 1.78 bits per heavy atom. The standard InChI is InChI=1S/C17H31N3O2.ClH/c1-3-6-16(21)20-10-5-4-7-15(20)17(22)19-11-8-14(9-12-19)13(2)18;/h13-15H,3-12,18H2,1-2H3;1H. The molecule has 2 rings (SSSR count). The lowest BCUT2D eigenvalue weighted by Gasteiger charge is -2.40. The number of piperidine rings is 2. The molecule has 2 heterocycles. The Hall–Kier alpha value is -0.810. The van der Waals surface area contributed by atoms with Crippen molar-refractivity contribution in [2.45, 2.75) is 70.9 Å². The minimum atomic E-state index is -0.223. The van der Waals surface area contributed by atoms with Gasteiger partial charge in [-0.25, -0.2) is 0 Å². The minimum absolute atomic E-state index is 0. The molecule has 0 bridgehead atoms. The number of likely N-dealkylation sites (tertiary alicyclic amines) is 2. The highest BCUT2D eigenvalue weighted by molar-refractivity contribution is 5.88. The molecular formula is C17H32ClN3O2. The third kappa shape index (κ3) is 5.08. The van der Waals surface area contributed by atoms with Crippen LogP contribution in [0.3, 0.4) is 0 Å². The molecule has 0 radical (unpaired) electrons. The molecule has 2 unspecified atom stereocenters. The zero-order valence-electron chi connectivity index (χ0n) is 14.5. The maximum atomic E-state index is 12.8. The van der Waals surface area contributed by atoms with E-state index in [1.165, 1.54) is 0 Å². The first kappa shape index (κ1) is 20.2. The van der Waals surface area contributed by atoms with E-state index in [4.69, 9.17) is 5.73 Å². The van der Waals surface area contributed by atoms with Crippen LogP contribution in [0.5, 0.6) is 0 Å². The van der Waals surface area contributed by atoms with Crippen molar-refractivity contribution in [1.29, 1.82) is 0 Å². The van der Waals surface area contributed by atoms with E-state index in [1.807, 2.05) is 16.7 Å². The molecule has 2 aliphatic heterocycles. The van der Waals surface area contributed by atoms with Gasteiger partial charge in [-0.15, -0.1) is 12.4 Å². The average Bonchev–Trinajstić information content (AvgIpc) is 2.54. The first-order valence-electron chi connectivity index (χ1n) is 8.88. The summed E-state index contributed by atoms with van der Waals surface area (Å²) in [6.45, 7) is 6.38. The van der Waals surface area contributed by atoms with Crippen LogP contribution in [0.2, 0.25) is 0 Å². The van der Waals surface area contributed by atoms with Gasteiger partial charge in [-0.05, 0) is 51.4 Å².